The van der Waals surface area contributed by atoms with Crippen molar-refractivity contribution < 1.29 is 13.2 Å². The summed E-state index contributed by atoms with van der Waals surface area (Å²) in [5.41, 5.74) is 2.61. The lowest BCUT2D eigenvalue weighted by atomic mass is 9.94. The minimum atomic E-state index is -3.24. The van der Waals surface area contributed by atoms with E-state index in [1.54, 1.807) is 42.9 Å². The van der Waals surface area contributed by atoms with Gasteiger partial charge in [0.2, 0.25) is 5.91 Å². The second kappa shape index (κ2) is 8.93. The van der Waals surface area contributed by atoms with E-state index in [-0.39, 0.29) is 23.1 Å². The molecule has 0 saturated carbocycles. The Kier molecular flexibility index (Phi) is 6.08. The molecule has 4 rings (SSSR count). The van der Waals surface area contributed by atoms with Crippen LogP contribution in [-0.4, -0.2) is 53.5 Å². The zero-order valence-electron chi connectivity index (χ0n) is 17.3. The second-order valence-electron chi connectivity index (χ2n) is 7.82. The van der Waals surface area contributed by atoms with Crippen molar-refractivity contribution in [3.05, 3.63) is 72.3 Å². The first kappa shape index (κ1) is 21.1. The molecule has 1 aromatic carbocycles. The summed E-state index contributed by atoms with van der Waals surface area (Å²) in [7, 11) is -3.24. The van der Waals surface area contributed by atoms with Crippen molar-refractivity contribution in [2.75, 3.05) is 19.3 Å². The maximum Gasteiger partial charge on any atom is 0.227 e. The Hall–Kier alpha value is -3.13. The van der Waals surface area contributed by atoms with E-state index in [0.717, 1.165) is 36.2 Å². The molecule has 0 radical (unpaired) electrons. The van der Waals surface area contributed by atoms with Crippen molar-refractivity contribution in [2.24, 2.45) is 0 Å². The average Bonchev–Trinajstić information content (AvgIpc) is 2.79. The third-order valence-corrected chi connectivity index (χ3v) is 6.62. The number of likely N-dealkylation sites (tertiary alicyclic amines) is 1. The molecule has 3 aromatic rings. The highest BCUT2D eigenvalue weighted by Crippen LogP contribution is 2.27. The fourth-order valence-electron chi connectivity index (χ4n) is 3.82. The molecule has 1 aliphatic rings. The molecule has 1 aliphatic heterocycles. The summed E-state index contributed by atoms with van der Waals surface area (Å²) in [5, 5.41) is 0. The lowest BCUT2D eigenvalue weighted by molar-refractivity contribution is -0.131. The number of hydrogen-bond donors (Lipinski definition) is 0. The first-order valence-electron chi connectivity index (χ1n) is 10.2. The lowest BCUT2D eigenvalue weighted by Crippen LogP contribution is -2.40. The van der Waals surface area contributed by atoms with Crippen molar-refractivity contribution in [3.63, 3.8) is 0 Å². The Morgan fingerprint density at radius 2 is 1.94 bits per heavy atom. The van der Waals surface area contributed by atoms with Crippen LogP contribution in [0.3, 0.4) is 0 Å². The maximum atomic E-state index is 12.9. The smallest absolute Gasteiger partial charge is 0.227 e. The third-order valence-electron chi connectivity index (χ3n) is 5.50. The molecule has 31 heavy (non-hydrogen) atoms. The average molecular weight is 437 g/mol. The molecule has 7 nitrogen and oxygen atoms in total. The molecule has 0 N–H and O–H groups in total. The SMILES string of the molecule is CS(=O)(=O)c1ccc(CC(=O)N2CCC[C@H](c3ccnc(-c4cccnc4)n3)C2)cc1. The molecule has 8 heteroatoms. The molecule has 1 amide bonds. The van der Waals surface area contributed by atoms with Gasteiger partial charge in [-0.25, -0.2) is 18.4 Å². The van der Waals surface area contributed by atoms with Crippen LogP contribution >= 0.6 is 0 Å². The summed E-state index contributed by atoms with van der Waals surface area (Å²) in [6, 6.07) is 12.2. The van der Waals surface area contributed by atoms with Gasteiger partial charge < -0.3 is 4.90 Å². The Morgan fingerprint density at radius 1 is 1.13 bits per heavy atom. The number of carbonyl (C=O) groups is 1. The summed E-state index contributed by atoms with van der Waals surface area (Å²) >= 11 is 0. The van der Waals surface area contributed by atoms with Gasteiger partial charge in [0.25, 0.3) is 0 Å². The van der Waals surface area contributed by atoms with Gasteiger partial charge >= 0.3 is 0 Å². The molecule has 0 unspecified atom stereocenters. The number of aromatic nitrogens is 3. The van der Waals surface area contributed by atoms with E-state index in [4.69, 9.17) is 4.98 Å². The molecule has 0 bridgehead atoms. The summed E-state index contributed by atoms with van der Waals surface area (Å²) < 4.78 is 23.2. The Balaban J connectivity index is 1.44. The van der Waals surface area contributed by atoms with E-state index in [2.05, 4.69) is 9.97 Å². The van der Waals surface area contributed by atoms with Crippen LogP contribution < -0.4 is 0 Å². The highest BCUT2D eigenvalue weighted by molar-refractivity contribution is 7.90. The van der Waals surface area contributed by atoms with E-state index < -0.39 is 9.84 Å². The van der Waals surface area contributed by atoms with Gasteiger partial charge in [-0.2, -0.15) is 0 Å². The molecule has 2 aromatic heterocycles. The molecule has 160 valence electrons. The molecule has 1 atom stereocenters. The number of amides is 1. The third kappa shape index (κ3) is 5.14. The zero-order chi connectivity index (χ0) is 21.8. The topological polar surface area (TPSA) is 93.1 Å². The largest absolute Gasteiger partial charge is 0.342 e. The summed E-state index contributed by atoms with van der Waals surface area (Å²) in [6.45, 7) is 1.33. The van der Waals surface area contributed by atoms with Gasteiger partial charge in [0.05, 0.1) is 11.3 Å². The zero-order valence-corrected chi connectivity index (χ0v) is 18.1. The number of piperidine rings is 1. The standard InChI is InChI=1S/C23H24N4O3S/c1-31(29,30)20-8-6-17(7-9-20)14-22(28)27-13-3-5-19(16-27)21-10-12-25-23(26-21)18-4-2-11-24-15-18/h2,4,6-12,15,19H,3,5,13-14,16H2,1H3/t19-/m0/s1. The van der Waals surface area contributed by atoms with Crippen LogP contribution in [0, 0.1) is 0 Å². The molecule has 1 saturated heterocycles. The molecular formula is C23H24N4O3S. The highest BCUT2D eigenvalue weighted by Gasteiger charge is 2.26. The van der Waals surface area contributed by atoms with Crippen LogP contribution in [0.4, 0.5) is 0 Å². The normalized spacial score (nSPS) is 16.8. The number of sulfone groups is 1. The van der Waals surface area contributed by atoms with E-state index >= 15 is 0 Å². The van der Waals surface area contributed by atoms with Crippen LogP contribution in [-0.2, 0) is 21.1 Å². The van der Waals surface area contributed by atoms with Crippen molar-refractivity contribution in [3.8, 4) is 11.4 Å². The van der Waals surface area contributed by atoms with Gasteiger partial charge in [0.1, 0.15) is 0 Å². The van der Waals surface area contributed by atoms with Crippen molar-refractivity contribution in [1.29, 1.82) is 0 Å². The van der Waals surface area contributed by atoms with Crippen LogP contribution in [0.1, 0.15) is 30.0 Å². The van der Waals surface area contributed by atoms with Crippen molar-refractivity contribution in [2.45, 2.75) is 30.1 Å². The van der Waals surface area contributed by atoms with Crippen LogP contribution in [0.5, 0.6) is 0 Å². The summed E-state index contributed by atoms with van der Waals surface area (Å²) in [4.78, 5) is 28.2. The molecule has 0 aliphatic carbocycles. The number of nitrogens with zero attached hydrogens (tertiary/aromatic N) is 4. The monoisotopic (exact) mass is 436 g/mol. The molecule has 0 spiro atoms. The van der Waals surface area contributed by atoms with Crippen LogP contribution in [0.2, 0.25) is 0 Å². The highest BCUT2D eigenvalue weighted by atomic mass is 32.2. The van der Waals surface area contributed by atoms with E-state index in [9.17, 15) is 13.2 Å². The van der Waals surface area contributed by atoms with Crippen LogP contribution in [0.25, 0.3) is 11.4 Å². The minimum absolute atomic E-state index is 0.0401. The van der Waals surface area contributed by atoms with E-state index in [1.165, 1.54) is 6.26 Å². The van der Waals surface area contributed by atoms with Crippen molar-refractivity contribution >= 4 is 15.7 Å². The lowest BCUT2D eigenvalue weighted by Gasteiger charge is -2.32. The van der Waals surface area contributed by atoms with Crippen molar-refractivity contribution in [1.82, 2.24) is 19.9 Å². The fourth-order valence-corrected chi connectivity index (χ4v) is 4.45. The Bertz CT molecular complexity index is 1160. The van der Waals surface area contributed by atoms with Gasteiger partial charge in [-0.05, 0) is 48.7 Å². The predicted molar refractivity (Wildman–Crippen MR) is 117 cm³/mol. The summed E-state index contributed by atoms with van der Waals surface area (Å²) in [6.07, 6.45) is 8.52. The first-order valence-corrected chi connectivity index (χ1v) is 12.1. The van der Waals surface area contributed by atoms with E-state index in [1.807, 2.05) is 23.1 Å². The minimum Gasteiger partial charge on any atom is -0.342 e. The van der Waals surface area contributed by atoms with Crippen LogP contribution in [0.15, 0.2) is 66.0 Å². The van der Waals surface area contributed by atoms with Gasteiger partial charge in [0.15, 0.2) is 15.7 Å². The quantitative estimate of drug-likeness (QED) is 0.611. The van der Waals surface area contributed by atoms with Gasteiger partial charge in [-0.15, -0.1) is 0 Å². The maximum absolute atomic E-state index is 12.9. The number of benzene rings is 1. The van der Waals surface area contributed by atoms with Gasteiger partial charge in [0, 0.05) is 55.1 Å². The molecular weight excluding hydrogens is 412 g/mol. The van der Waals surface area contributed by atoms with Gasteiger partial charge in [-0.1, -0.05) is 12.1 Å². The predicted octanol–water partition coefficient (Wildman–Crippen LogP) is 2.89. The first-order chi connectivity index (χ1) is 14.9. The van der Waals surface area contributed by atoms with Gasteiger partial charge in [-0.3, -0.25) is 9.78 Å². The molecule has 3 heterocycles. The fraction of sp³-hybridized carbons (Fsp3) is 0.304. The summed E-state index contributed by atoms with van der Waals surface area (Å²) in [5.74, 6) is 0.835. The number of rotatable bonds is 5. The molecule has 1 fully saturated rings. The number of pyridine rings is 1. The Labute approximate surface area is 182 Å². The second-order valence-corrected chi connectivity index (χ2v) is 9.83. The number of hydrogen-bond acceptors (Lipinski definition) is 6. The van der Waals surface area contributed by atoms with E-state index in [0.29, 0.717) is 12.4 Å². The Morgan fingerprint density at radius 3 is 2.65 bits per heavy atom. The number of carbonyl (C=O) groups excluding carboxylic acids is 1.